The first kappa shape index (κ1) is 16.3. The van der Waals surface area contributed by atoms with Crippen molar-refractivity contribution in [3.63, 3.8) is 0 Å². The fourth-order valence-electron chi connectivity index (χ4n) is 2.81. The average Bonchev–Trinajstić information content (AvgIpc) is 2.83. The van der Waals surface area contributed by atoms with Gasteiger partial charge in [-0.05, 0) is 30.2 Å². The molecule has 2 aromatic rings. The van der Waals surface area contributed by atoms with Crippen molar-refractivity contribution < 1.29 is 9.18 Å². The van der Waals surface area contributed by atoms with E-state index in [4.69, 9.17) is 0 Å². The third-order valence-electron chi connectivity index (χ3n) is 4.09. The number of H-pyrrole nitrogens is 1. The van der Waals surface area contributed by atoms with Crippen molar-refractivity contribution in [1.29, 1.82) is 0 Å². The molecular weight excluding hydrogens is 311 g/mol. The highest BCUT2D eigenvalue weighted by molar-refractivity contribution is 5.92. The Bertz CT molecular complexity index is 739. The Balaban J connectivity index is 1.60. The molecule has 1 aliphatic rings. The van der Waals surface area contributed by atoms with Crippen LogP contribution in [0.4, 0.5) is 4.39 Å². The second-order valence-electron chi connectivity index (χ2n) is 5.85. The van der Waals surface area contributed by atoms with E-state index in [-0.39, 0.29) is 23.0 Å². The highest BCUT2D eigenvalue weighted by atomic mass is 19.1. The normalized spacial score (nSPS) is 16.0. The highest BCUT2D eigenvalue weighted by Crippen LogP contribution is 2.11. The molecule has 0 spiro atoms. The maximum atomic E-state index is 13.0. The standard InChI is InChI=1S/C17H19FN4O2/c18-14-4-2-13(3-5-14)12-21-8-1-9-22(11-10-21)17(24)15-6-7-16(23)20-19-15/h2-7H,1,8-12H2,(H,20,23). The SMILES string of the molecule is O=C(c1ccc(=O)[nH]n1)N1CCCN(Cc2ccc(F)cc2)CC1. The lowest BCUT2D eigenvalue weighted by molar-refractivity contribution is 0.0754. The van der Waals surface area contributed by atoms with E-state index in [0.29, 0.717) is 13.1 Å². The van der Waals surface area contributed by atoms with Crippen LogP contribution in [-0.4, -0.2) is 52.1 Å². The molecule has 0 bridgehead atoms. The number of carbonyl (C=O) groups excluding carboxylic acids is 1. The molecule has 1 aromatic heterocycles. The lowest BCUT2D eigenvalue weighted by Crippen LogP contribution is -2.36. The Morgan fingerprint density at radius 1 is 1.08 bits per heavy atom. The van der Waals surface area contributed by atoms with Gasteiger partial charge in [0.15, 0.2) is 0 Å². The lowest BCUT2D eigenvalue weighted by atomic mass is 10.2. The Labute approximate surface area is 138 Å². The van der Waals surface area contributed by atoms with E-state index in [0.717, 1.165) is 31.6 Å². The van der Waals surface area contributed by atoms with Gasteiger partial charge in [0.25, 0.3) is 11.5 Å². The van der Waals surface area contributed by atoms with Crippen LogP contribution in [0.2, 0.25) is 0 Å². The molecule has 6 nitrogen and oxygen atoms in total. The second-order valence-corrected chi connectivity index (χ2v) is 5.85. The first-order chi connectivity index (χ1) is 11.6. The number of halogens is 1. The summed E-state index contributed by atoms with van der Waals surface area (Å²) in [6, 6.07) is 9.25. The largest absolute Gasteiger partial charge is 0.336 e. The van der Waals surface area contributed by atoms with E-state index < -0.39 is 0 Å². The number of nitrogens with zero attached hydrogens (tertiary/aromatic N) is 3. The van der Waals surface area contributed by atoms with Crippen LogP contribution in [0.5, 0.6) is 0 Å². The summed E-state index contributed by atoms with van der Waals surface area (Å²) in [5, 5.41) is 6.09. The summed E-state index contributed by atoms with van der Waals surface area (Å²) in [5.74, 6) is -0.408. The fraction of sp³-hybridized carbons (Fsp3) is 0.353. The van der Waals surface area contributed by atoms with E-state index in [1.165, 1.54) is 24.3 Å². The molecule has 126 valence electrons. The van der Waals surface area contributed by atoms with Gasteiger partial charge in [-0.3, -0.25) is 14.5 Å². The van der Waals surface area contributed by atoms with E-state index in [9.17, 15) is 14.0 Å². The number of aromatic nitrogens is 2. The van der Waals surface area contributed by atoms with Gasteiger partial charge in [-0.15, -0.1) is 0 Å². The predicted octanol–water partition coefficient (Wildman–Crippen LogP) is 1.26. The molecule has 1 aromatic carbocycles. The molecule has 3 rings (SSSR count). The zero-order valence-corrected chi connectivity index (χ0v) is 13.2. The van der Waals surface area contributed by atoms with Gasteiger partial charge in [0.1, 0.15) is 11.5 Å². The minimum atomic E-state index is -0.326. The van der Waals surface area contributed by atoms with Gasteiger partial charge in [0.05, 0.1) is 0 Å². The van der Waals surface area contributed by atoms with Gasteiger partial charge in [0, 0.05) is 38.8 Å². The zero-order valence-electron chi connectivity index (χ0n) is 13.2. The summed E-state index contributed by atoms with van der Waals surface area (Å²) in [4.78, 5) is 27.5. The van der Waals surface area contributed by atoms with E-state index >= 15 is 0 Å². The summed E-state index contributed by atoms with van der Waals surface area (Å²) in [5.41, 5.74) is 0.980. The van der Waals surface area contributed by atoms with Crippen LogP contribution in [0.25, 0.3) is 0 Å². The van der Waals surface area contributed by atoms with Crippen LogP contribution in [-0.2, 0) is 6.54 Å². The van der Waals surface area contributed by atoms with Crippen molar-refractivity contribution in [2.24, 2.45) is 0 Å². The van der Waals surface area contributed by atoms with E-state index in [1.807, 2.05) is 0 Å². The molecule has 1 aliphatic heterocycles. The Hall–Kier alpha value is -2.54. The third-order valence-corrected chi connectivity index (χ3v) is 4.09. The van der Waals surface area contributed by atoms with Crippen LogP contribution in [0.15, 0.2) is 41.2 Å². The van der Waals surface area contributed by atoms with Crippen molar-refractivity contribution in [2.45, 2.75) is 13.0 Å². The summed E-state index contributed by atoms with van der Waals surface area (Å²) in [6.45, 7) is 3.60. The fourth-order valence-corrected chi connectivity index (χ4v) is 2.81. The average molecular weight is 330 g/mol. The Morgan fingerprint density at radius 3 is 2.58 bits per heavy atom. The van der Waals surface area contributed by atoms with Gasteiger partial charge in [-0.1, -0.05) is 12.1 Å². The summed E-state index contributed by atoms with van der Waals surface area (Å²) >= 11 is 0. The minimum absolute atomic E-state index is 0.171. The van der Waals surface area contributed by atoms with Crippen molar-refractivity contribution in [3.8, 4) is 0 Å². The molecule has 1 amide bonds. The van der Waals surface area contributed by atoms with Crippen LogP contribution in [0, 0.1) is 5.82 Å². The molecular formula is C17H19FN4O2. The first-order valence-electron chi connectivity index (χ1n) is 7.93. The number of nitrogens with one attached hydrogen (secondary N) is 1. The van der Waals surface area contributed by atoms with Crippen molar-refractivity contribution in [1.82, 2.24) is 20.0 Å². The second kappa shape index (κ2) is 7.35. The molecule has 0 radical (unpaired) electrons. The highest BCUT2D eigenvalue weighted by Gasteiger charge is 2.21. The molecule has 7 heteroatoms. The molecule has 0 aliphatic carbocycles. The molecule has 0 atom stereocenters. The zero-order chi connectivity index (χ0) is 16.9. The number of carbonyl (C=O) groups is 1. The smallest absolute Gasteiger partial charge is 0.274 e. The van der Waals surface area contributed by atoms with Crippen LogP contribution in [0.1, 0.15) is 22.5 Å². The maximum Gasteiger partial charge on any atom is 0.274 e. The summed E-state index contributed by atoms with van der Waals surface area (Å²) < 4.78 is 13.0. The molecule has 24 heavy (non-hydrogen) atoms. The van der Waals surface area contributed by atoms with E-state index in [2.05, 4.69) is 15.1 Å². The minimum Gasteiger partial charge on any atom is -0.336 e. The van der Waals surface area contributed by atoms with Gasteiger partial charge in [0.2, 0.25) is 0 Å². The number of rotatable bonds is 3. The molecule has 1 fully saturated rings. The molecule has 0 unspecified atom stereocenters. The lowest BCUT2D eigenvalue weighted by Gasteiger charge is -2.21. The van der Waals surface area contributed by atoms with Crippen molar-refractivity contribution >= 4 is 5.91 Å². The monoisotopic (exact) mass is 330 g/mol. The molecule has 1 N–H and O–H groups in total. The maximum absolute atomic E-state index is 13.0. The quantitative estimate of drug-likeness (QED) is 0.920. The number of hydrogen-bond donors (Lipinski definition) is 1. The number of aromatic amines is 1. The van der Waals surface area contributed by atoms with Crippen molar-refractivity contribution in [2.75, 3.05) is 26.2 Å². The third kappa shape index (κ3) is 4.05. The van der Waals surface area contributed by atoms with Gasteiger partial charge >= 0.3 is 0 Å². The van der Waals surface area contributed by atoms with Crippen LogP contribution in [0.3, 0.4) is 0 Å². The predicted molar refractivity (Wildman–Crippen MR) is 87.1 cm³/mol. The molecule has 1 saturated heterocycles. The molecule has 2 heterocycles. The molecule has 0 saturated carbocycles. The topological polar surface area (TPSA) is 69.3 Å². The van der Waals surface area contributed by atoms with Gasteiger partial charge < -0.3 is 4.90 Å². The Kier molecular flexibility index (Phi) is 5.00. The van der Waals surface area contributed by atoms with Crippen molar-refractivity contribution in [3.05, 3.63) is 63.8 Å². The number of amides is 1. The number of hydrogen-bond acceptors (Lipinski definition) is 4. The van der Waals surface area contributed by atoms with Gasteiger partial charge in [-0.25, -0.2) is 9.49 Å². The summed E-state index contributed by atoms with van der Waals surface area (Å²) in [7, 11) is 0. The number of benzene rings is 1. The first-order valence-corrected chi connectivity index (χ1v) is 7.93. The Morgan fingerprint density at radius 2 is 1.88 bits per heavy atom. The van der Waals surface area contributed by atoms with Crippen LogP contribution >= 0.6 is 0 Å². The van der Waals surface area contributed by atoms with Gasteiger partial charge in [-0.2, -0.15) is 5.10 Å². The van der Waals surface area contributed by atoms with E-state index in [1.54, 1.807) is 17.0 Å². The summed E-state index contributed by atoms with van der Waals surface area (Å²) in [6.07, 6.45) is 0.857. The van der Waals surface area contributed by atoms with Crippen LogP contribution < -0.4 is 5.56 Å².